The molecule has 1 N–H and O–H groups in total. The zero-order chi connectivity index (χ0) is 56.4. The maximum absolute atomic E-state index is 13.0. The lowest BCUT2D eigenvalue weighted by atomic mass is 9.79. The van der Waals surface area contributed by atoms with Crippen molar-refractivity contribution in [3.63, 3.8) is 0 Å². The van der Waals surface area contributed by atoms with Gasteiger partial charge >= 0.3 is 11.9 Å². The molecule has 1 fully saturated rings. The zero-order valence-corrected chi connectivity index (χ0v) is 54.3. The molecule has 424 valence electrons. The number of methoxy groups -OCH3 is 1. The Labute approximate surface area is 467 Å². The van der Waals surface area contributed by atoms with Crippen molar-refractivity contribution < 1.29 is 46.9 Å². The lowest BCUT2D eigenvalue weighted by Crippen LogP contribution is -2.54. The van der Waals surface area contributed by atoms with Crippen LogP contribution >= 0.6 is 34.8 Å². The molecule has 1 aromatic carbocycles. The van der Waals surface area contributed by atoms with Gasteiger partial charge in [-0.1, -0.05) is 173 Å². The lowest BCUT2D eigenvalue weighted by Gasteiger charge is -2.46. The van der Waals surface area contributed by atoms with Gasteiger partial charge in [0.2, 0.25) is 0 Å². The first kappa shape index (κ1) is 68.7. The van der Waals surface area contributed by atoms with Gasteiger partial charge in [0.25, 0.3) is 0 Å². The Morgan fingerprint density at radius 3 is 1.95 bits per heavy atom. The predicted molar refractivity (Wildman–Crippen MR) is 316 cm³/mol. The zero-order valence-electron chi connectivity index (χ0n) is 49.1. The highest BCUT2D eigenvalue weighted by Gasteiger charge is 2.50. The van der Waals surface area contributed by atoms with Crippen LogP contribution in [0.1, 0.15) is 153 Å². The molecule has 0 amide bonds. The Kier molecular flexibility index (Phi) is 29.1. The number of halogens is 3. The third-order valence-corrected chi connectivity index (χ3v) is 31.3. The monoisotopic (exact) mass is 1140 g/mol. The first-order chi connectivity index (χ1) is 34.5. The van der Waals surface area contributed by atoms with Gasteiger partial charge < -0.3 is 37.3 Å². The molecular weight excluding hydrogens is 1050 g/mol. The highest BCUT2D eigenvalue weighted by Crippen LogP contribution is 2.43. The van der Waals surface area contributed by atoms with Crippen molar-refractivity contribution in [3.8, 4) is 0 Å². The van der Waals surface area contributed by atoms with E-state index in [2.05, 4.69) is 116 Å². The van der Waals surface area contributed by atoms with Crippen molar-refractivity contribution in [1.82, 2.24) is 0 Å². The van der Waals surface area contributed by atoms with Gasteiger partial charge in [-0.05, 0) is 113 Å². The van der Waals surface area contributed by atoms with Crippen molar-refractivity contribution in [1.29, 1.82) is 0 Å². The summed E-state index contributed by atoms with van der Waals surface area (Å²) >= 11 is 18.5. The molecule has 1 saturated heterocycles. The normalized spacial score (nSPS) is 22.4. The van der Waals surface area contributed by atoms with Gasteiger partial charge in [-0.15, -0.1) is 0 Å². The fraction of sp³-hybridized carbons (Fsp3) is 0.724. The quantitative estimate of drug-likeness (QED) is 0.0199. The number of unbranched alkanes of at least 4 members (excludes halogenated alkanes) is 2. The van der Waals surface area contributed by atoms with E-state index in [-0.39, 0.29) is 68.5 Å². The number of ether oxygens (including phenoxy) is 4. The van der Waals surface area contributed by atoms with Crippen molar-refractivity contribution in [2.24, 2.45) is 17.8 Å². The van der Waals surface area contributed by atoms with Gasteiger partial charge in [-0.25, -0.2) is 9.59 Å². The number of allylic oxidation sites excluding steroid dienone is 5. The van der Waals surface area contributed by atoms with Crippen LogP contribution in [0.25, 0.3) is 0 Å². The summed E-state index contributed by atoms with van der Waals surface area (Å²) in [6.07, 6.45) is 13.2. The van der Waals surface area contributed by atoms with Gasteiger partial charge in [0.05, 0.1) is 40.0 Å². The van der Waals surface area contributed by atoms with Crippen molar-refractivity contribution in [2.75, 3.05) is 13.9 Å². The van der Waals surface area contributed by atoms with E-state index in [1.807, 2.05) is 32.1 Å². The first-order valence-electron chi connectivity index (χ1n) is 27.6. The second-order valence-corrected chi connectivity index (χ2v) is 38.1. The number of esters is 2. The largest absolute Gasteiger partial charge is 0.414 e. The summed E-state index contributed by atoms with van der Waals surface area (Å²) < 4.78 is 46.5. The van der Waals surface area contributed by atoms with E-state index >= 15 is 0 Å². The van der Waals surface area contributed by atoms with Crippen LogP contribution in [0.5, 0.6) is 0 Å². The predicted octanol–water partition coefficient (Wildman–Crippen LogP) is 16.9. The van der Waals surface area contributed by atoms with E-state index < -0.39 is 60.8 Å². The highest BCUT2D eigenvalue weighted by molar-refractivity contribution is 6.74. The van der Waals surface area contributed by atoms with Crippen LogP contribution in [0.15, 0.2) is 59.7 Å². The molecule has 1 aromatic rings. The Morgan fingerprint density at radius 2 is 1.43 bits per heavy atom. The number of aliphatic hydroxyl groups is 1. The maximum atomic E-state index is 13.0. The number of benzene rings is 1. The minimum atomic E-state index is -2.28. The van der Waals surface area contributed by atoms with Gasteiger partial charge in [0, 0.05) is 42.1 Å². The van der Waals surface area contributed by atoms with Crippen LogP contribution < -0.4 is 0 Å². The molecule has 0 spiro atoms. The minimum absolute atomic E-state index is 0.0222. The third-order valence-electron chi connectivity index (χ3n) is 16.7. The van der Waals surface area contributed by atoms with Gasteiger partial charge in [-0.2, -0.15) is 0 Å². The maximum Gasteiger partial charge on any atom is 0.349 e. The summed E-state index contributed by atoms with van der Waals surface area (Å²) in [7, 11) is -4.81. The summed E-state index contributed by atoms with van der Waals surface area (Å²) in [5.41, 5.74) is 0.693. The van der Waals surface area contributed by atoms with E-state index in [1.54, 1.807) is 13.2 Å². The smallest absolute Gasteiger partial charge is 0.349 e. The fourth-order valence-corrected chi connectivity index (χ4v) is 18.4. The summed E-state index contributed by atoms with van der Waals surface area (Å²) in [6, 6.07) is 8.74. The molecule has 16 heteroatoms. The van der Waals surface area contributed by atoms with E-state index in [0.717, 1.165) is 67.5 Å². The van der Waals surface area contributed by atoms with E-state index in [9.17, 15) is 14.7 Å². The molecule has 1 aliphatic heterocycles. The summed E-state index contributed by atoms with van der Waals surface area (Å²) in [5, 5.41) is 12.4. The van der Waals surface area contributed by atoms with Crippen LogP contribution in [0, 0.1) is 17.8 Å². The molecule has 0 aromatic heterocycles. The minimum Gasteiger partial charge on any atom is -0.414 e. The van der Waals surface area contributed by atoms with Crippen molar-refractivity contribution in [2.45, 2.75) is 240 Å². The number of hydrogen-bond acceptors (Lipinski definition) is 10. The number of aliphatic hydroxyl groups excluding tert-OH is 1. The average molecular weight is 1150 g/mol. The van der Waals surface area contributed by atoms with Gasteiger partial charge in [0.1, 0.15) is 18.5 Å². The molecule has 74 heavy (non-hydrogen) atoms. The van der Waals surface area contributed by atoms with Crippen LogP contribution in [0.4, 0.5) is 0 Å². The van der Waals surface area contributed by atoms with Crippen LogP contribution in [-0.2, 0) is 37.0 Å². The van der Waals surface area contributed by atoms with E-state index in [0.29, 0.717) is 12.0 Å². The number of carbonyl (C=O) groups excluding carboxylic acids is 2. The molecule has 2 rings (SSSR count). The second-order valence-electron chi connectivity index (χ2n) is 22.7. The third kappa shape index (κ3) is 19.4. The summed E-state index contributed by atoms with van der Waals surface area (Å²) in [4.78, 5) is 26.0. The second kappa shape index (κ2) is 31.4. The Hall–Kier alpha value is -1.44. The summed E-state index contributed by atoms with van der Waals surface area (Å²) in [6.45, 7) is 39.7. The highest BCUT2D eigenvalue weighted by atomic mass is 35.5. The van der Waals surface area contributed by atoms with Crippen molar-refractivity contribution >= 4 is 71.7 Å². The number of carbonyl (C=O) groups is 2. The molecule has 0 unspecified atom stereocenters. The van der Waals surface area contributed by atoms with Crippen LogP contribution in [-0.4, -0.2) is 98.1 Å². The molecule has 0 saturated carbocycles. The standard InChI is InChI=1S/C58H99Cl3O10Si3/c1-20-27-28-31-49-46(35-40(8)30-29-32-50(65-17)53(63)43(11)54(70-72(18,19)57(13,14)15)42(10)44(12)69-73(21-2,22-3)23-4)55(71-74(24-5,25-6)26-7)58(16,67-39-66-49)38-41(9)33-34-51(62)68-56(64)52-47(60)36-45(59)37-48(52)61/h29-30,32-34,36-38,42-44,46,49-50,53-55,63H,20-28,31,35,39H2,1-19H3/b32-29+,34-33+,40-30+,41-38+/t42-,43-,44-,46-,49+,50+,53-,54+,55-,58+/m1/s1. The number of hydrogen-bond donors (Lipinski definition) is 1. The number of rotatable bonds is 30. The first-order valence-corrected chi connectivity index (χ1v) is 36.8. The molecule has 10 atom stereocenters. The fourth-order valence-electron chi connectivity index (χ4n) is 9.99. The molecule has 0 aliphatic carbocycles. The molecule has 0 radical (unpaired) electrons. The van der Waals surface area contributed by atoms with Gasteiger partial charge in [-0.3, -0.25) is 0 Å². The van der Waals surface area contributed by atoms with Gasteiger partial charge in [0.15, 0.2) is 25.0 Å². The SMILES string of the molecule is CCCCC[C@@H]1OCO[C@@](C)(/C=C(C)/C=C/C(=O)OC(=O)c2c(Cl)cc(Cl)cc2Cl)[C@H](O[Si](CC)(CC)CC)[C@@H]1C/C(C)=C/C=C/[C@H](OC)[C@H](O)[C@@H](C)[C@@H](O[Si](C)(C)C(C)(C)C)[C@H](C)[C@@H](C)O[Si](CC)(CC)CC. The molecule has 1 aliphatic rings. The summed E-state index contributed by atoms with van der Waals surface area (Å²) in [5.74, 6) is -2.22. The lowest BCUT2D eigenvalue weighted by molar-refractivity contribution is -0.132. The Bertz CT molecular complexity index is 1990. The van der Waals surface area contributed by atoms with Crippen molar-refractivity contribution in [3.05, 3.63) is 80.4 Å². The topological polar surface area (TPSA) is 119 Å². The molecule has 1 heterocycles. The van der Waals surface area contributed by atoms with Crippen LogP contribution in [0.2, 0.25) is 69.5 Å². The van der Waals surface area contributed by atoms with E-state index in [4.69, 9.17) is 67.0 Å². The molecular formula is C58H99Cl3O10Si3. The Morgan fingerprint density at radius 1 is 0.865 bits per heavy atom. The Balaban J connectivity index is 2.64. The van der Waals surface area contributed by atoms with E-state index in [1.165, 1.54) is 18.2 Å². The molecule has 10 nitrogen and oxygen atoms in total. The van der Waals surface area contributed by atoms with Crippen LogP contribution in [0.3, 0.4) is 0 Å². The average Bonchev–Trinajstić information content (AvgIpc) is 3.45. The molecule has 0 bridgehead atoms.